The Kier molecular flexibility index (Phi) is 4.35. The van der Waals surface area contributed by atoms with Gasteiger partial charge >= 0.3 is 0 Å². The fraction of sp³-hybridized carbons (Fsp3) is 0. The molecule has 1 N–H and O–H groups in total. The third-order valence-corrected chi connectivity index (χ3v) is 2.84. The van der Waals surface area contributed by atoms with E-state index in [4.69, 9.17) is 23.2 Å². The van der Waals surface area contributed by atoms with Crippen molar-refractivity contribution in [2.75, 3.05) is 5.43 Å². The number of hydrogen-bond donors (Lipinski definition) is 1. The minimum atomic E-state index is -0.723. The van der Waals surface area contributed by atoms with Crippen molar-refractivity contribution in [2.45, 2.75) is 0 Å². The summed E-state index contributed by atoms with van der Waals surface area (Å²) in [7, 11) is 0. The average Bonchev–Trinajstić information content (AvgIpc) is 2.34. The molecule has 0 aliphatic rings. The number of halogens is 4. The molecule has 0 aliphatic carbocycles. The molecule has 19 heavy (non-hydrogen) atoms. The molecule has 2 nitrogen and oxygen atoms in total. The molecule has 0 saturated heterocycles. The van der Waals surface area contributed by atoms with Gasteiger partial charge in [-0.25, -0.2) is 8.78 Å². The highest BCUT2D eigenvalue weighted by Crippen LogP contribution is 2.20. The topological polar surface area (TPSA) is 24.4 Å². The normalized spacial score (nSPS) is 10.9. The Bertz CT molecular complexity index is 630. The Morgan fingerprint density at radius 1 is 1.05 bits per heavy atom. The third-order valence-electron chi connectivity index (χ3n) is 2.28. The molecule has 6 heteroatoms. The highest BCUT2D eigenvalue weighted by molar-refractivity contribution is 6.36. The second-order valence-electron chi connectivity index (χ2n) is 3.66. The summed E-state index contributed by atoms with van der Waals surface area (Å²) in [6.45, 7) is 0. The third kappa shape index (κ3) is 3.66. The predicted octanol–water partition coefficient (Wildman–Crippen LogP) is 4.72. The Labute approximate surface area is 118 Å². The van der Waals surface area contributed by atoms with Gasteiger partial charge in [-0.05, 0) is 24.3 Å². The molecule has 0 amide bonds. The number of benzene rings is 2. The minimum absolute atomic E-state index is 0.0720. The highest BCUT2D eigenvalue weighted by Gasteiger charge is 2.02. The quantitative estimate of drug-likeness (QED) is 0.644. The Balaban J connectivity index is 2.11. The van der Waals surface area contributed by atoms with Crippen LogP contribution in [0.25, 0.3) is 0 Å². The highest BCUT2D eigenvalue weighted by atomic mass is 35.5. The van der Waals surface area contributed by atoms with Gasteiger partial charge in [0.15, 0.2) is 5.82 Å². The van der Waals surface area contributed by atoms with E-state index in [-0.39, 0.29) is 5.69 Å². The number of anilines is 1. The van der Waals surface area contributed by atoms with Crippen molar-refractivity contribution in [3.8, 4) is 0 Å². The lowest BCUT2D eigenvalue weighted by molar-refractivity contribution is 0.585. The van der Waals surface area contributed by atoms with Crippen molar-refractivity contribution in [3.05, 3.63) is 63.6 Å². The van der Waals surface area contributed by atoms with Gasteiger partial charge in [0.1, 0.15) is 5.82 Å². The van der Waals surface area contributed by atoms with Gasteiger partial charge in [-0.2, -0.15) is 5.10 Å². The predicted molar refractivity (Wildman–Crippen MR) is 74.0 cm³/mol. The zero-order valence-corrected chi connectivity index (χ0v) is 11.0. The van der Waals surface area contributed by atoms with Crippen molar-refractivity contribution in [3.63, 3.8) is 0 Å². The molecule has 0 unspecified atom stereocenters. The summed E-state index contributed by atoms with van der Waals surface area (Å²) in [6, 6.07) is 8.07. The molecule has 0 aromatic heterocycles. The van der Waals surface area contributed by atoms with E-state index in [2.05, 4.69) is 10.5 Å². The maximum atomic E-state index is 13.3. The average molecular weight is 301 g/mol. The molecule has 0 aliphatic heterocycles. The van der Waals surface area contributed by atoms with Crippen molar-refractivity contribution >= 4 is 35.1 Å². The van der Waals surface area contributed by atoms with E-state index in [1.165, 1.54) is 12.3 Å². The fourth-order valence-electron chi connectivity index (χ4n) is 1.36. The Morgan fingerprint density at radius 3 is 2.53 bits per heavy atom. The van der Waals surface area contributed by atoms with Crippen LogP contribution in [-0.2, 0) is 0 Å². The van der Waals surface area contributed by atoms with Gasteiger partial charge in [0.05, 0.1) is 16.9 Å². The van der Waals surface area contributed by atoms with Gasteiger partial charge in [0, 0.05) is 16.7 Å². The molecule has 0 fully saturated rings. The van der Waals surface area contributed by atoms with Crippen LogP contribution in [0.3, 0.4) is 0 Å². The summed E-state index contributed by atoms with van der Waals surface area (Å²) in [5.41, 5.74) is 3.16. The number of nitrogens with one attached hydrogen (secondary N) is 1. The van der Waals surface area contributed by atoms with Crippen LogP contribution in [0, 0.1) is 11.6 Å². The maximum absolute atomic E-state index is 13.3. The molecule has 0 spiro atoms. The molecule has 0 heterocycles. The first-order valence-corrected chi connectivity index (χ1v) is 6.01. The lowest BCUT2D eigenvalue weighted by Crippen LogP contribution is -1.94. The van der Waals surface area contributed by atoms with Gasteiger partial charge in [0.25, 0.3) is 0 Å². The van der Waals surface area contributed by atoms with E-state index in [0.29, 0.717) is 15.6 Å². The van der Waals surface area contributed by atoms with Gasteiger partial charge < -0.3 is 0 Å². The summed E-state index contributed by atoms with van der Waals surface area (Å²) in [6.07, 6.45) is 1.42. The minimum Gasteiger partial charge on any atom is -0.276 e. The van der Waals surface area contributed by atoms with Crippen LogP contribution >= 0.6 is 23.2 Å². The number of rotatable bonds is 3. The molecule has 2 aromatic carbocycles. The van der Waals surface area contributed by atoms with Crippen molar-refractivity contribution in [1.82, 2.24) is 0 Å². The molecule has 0 saturated carbocycles. The smallest absolute Gasteiger partial charge is 0.151 e. The summed E-state index contributed by atoms with van der Waals surface area (Å²) in [5, 5.41) is 4.77. The van der Waals surface area contributed by atoms with Crippen molar-refractivity contribution in [1.29, 1.82) is 0 Å². The van der Waals surface area contributed by atoms with Crippen LogP contribution in [0.1, 0.15) is 5.56 Å². The Morgan fingerprint density at radius 2 is 1.84 bits per heavy atom. The second kappa shape index (κ2) is 5.99. The van der Waals surface area contributed by atoms with E-state index in [0.717, 1.165) is 12.1 Å². The summed E-state index contributed by atoms with van der Waals surface area (Å²) in [4.78, 5) is 0. The first-order valence-electron chi connectivity index (χ1n) is 5.25. The van der Waals surface area contributed by atoms with Gasteiger partial charge in [-0.15, -0.1) is 0 Å². The van der Waals surface area contributed by atoms with Crippen molar-refractivity contribution in [2.24, 2.45) is 5.10 Å². The molecule has 2 aromatic rings. The molecular formula is C13H8Cl2F2N2. The summed E-state index contributed by atoms with van der Waals surface area (Å²) in [5.74, 6) is -1.37. The summed E-state index contributed by atoms with van der Waals surface area (Å²) < 4.78 is 26.0. The number of hydrogen-bond acceptors (Lipinski definition) is 2. The van der Waals surface area contributed by atoms with Crippen LogP contribution in [0.5, 0.6) is 0 Å². The molecule has 0 bridgehead atoms. The van der Waals surface area contributed by atoms with Crippen LogP contribution in [0.2, 0.25) is 10.0 Å². The van der Waals surface area contributed by atoms with E-state index < -0.39 is 11.6 Å². The second-order valence-corrected chi connectivity index (χ2v) is 4.50. The SMILES string of the molecule is Fc1ccc(NN=Cc2ccc(Cl)cc2Cl)c(F)c1. The van der Waals surface area contributed by atoms with Gasteiger partial charge in [-0.1, -0.05) is 29.3 Å². The van der Waals surface area contributed by atoms with E-state index in [1.54, 1.807) is 18.2 Å². The fourth-order valence-corrected chi connectivity index (χ4v) is 1.82. The first kappa shape index (κ1) is 13.8. The van der Waals surface area contributed by atoms with Gasteiger partial charge in [0.2, 0.25) is 0 Å². The molecule has 0 atom stereocenters. The number of nitrogens with zero attached hydrogens (tertiary/aromatic N) is 1. The molecular weight excluding hydrogens is 293 g/mol. The van der Waals surface area contributed by atoms with E-state index >= 15 is 0 Å². The summed E-state index contributed by atoms with van der Waals surface area (Å²) >= 11 is 11.7. The van der Waals surface area contributed by atoms with Crippen LogP contribution in [-0.4, -0.2) is 6.21 Å². The standard InChI is InChI=1S/C13H8Cl2F2N2/c14-9-2-1-8(11(15)5-9)7-18-19-13-4-3-10(16)6-12(13)17/h1-7,19H. The first-order chi connectivity index (χ1) is 9.06. The number of hydrazone groups is 1. The lowest BCUT2D eigenvalue weighted by Gasteiger charge is -2.02. The van der Waals surface area contributed by atoms with E-state index in [9.17, 15) is 8.78 Å². The largest absolute Gasteiger partial charge is 0.276 e. The van der Waals surface area contributed by atoms with Crippen LogP contribution in [0.15, 0.2) is 41.5 Å². The Hall–Kier alpha value is -1.65. The van der Waals surface area contributed by atoms with Crippen LogP contribution < -0.4 is 5.43 Å². The monoisotopic (exact) mass is 300 g/mol. The zero-order valence-electron chi connectivity index (χ0n) is 9.50. The zero-order chi connectivity index (χ0) is 13.8. The maximum Gasteiger partial charge on any atom is 0.151 e. The van der Waals surface area contributed by atoms with Gasteiger partial charge in [-0.3, -0.25) is 5.43 Å². The molecule has 2 rings (SSSR count). The van der Waals surface area contributed by atoms with E-state index in [1.807, 2.05) is 0 Å². The van der Waals surface area contributed by atoms with Crippen LogP contribution in [0.4, 0.5) is 14.5 Å². The molecule has 98 valence electrons. The van der Waals surface area contributed by atoms with Crippen molar-refractivity contribution < 1.29 is 8.78 Å². The molecule has 0 radical (unpaired) electrons. The lowest BCUT2D eigenvalue weighted by atomic mass is 10.2.